The van der Waals surface area contributed by atoms with Crippen LogP contribution in [0, 0.1) is 0 Å². The van der Waals surface area contributed by atoms with Gasteiger partial charge in [0.05, 0.1) is 16.3 Å². The van der Waals surface area contributed by atoms with E-state index >= 15 is 0 Å². The predicted octanol–water partition coefficient (Wildman–Crippen LogP) is 3.18. The second kappa shape index (κ2) is 8.10. The molecule has 0 unspecified atom stereocenters. The summed E-state index contributed by atoms with van der Waals surface area (Å²) < 4.78 is 25.4. The molecule has 144 valence electrons. The van der Waals surface area contributed by atoms with Crippen molar-refractivity contribution in [3.63, 3.8) is 0 Å². The Labute approximate surface area is 160 Å². The van der Waals surface area contributed by atoms with E-state index in [0.717, 1.165) is 41.6 Å². The number of carbonyl (C=O) groups excluding carboxylic acids is 1. The van der Waals surface area contributed by atoms with Crippen molar-refractivity contribution >= 4 is 27.3 Å². The minimum atomic E-state index is -3.50. The number of amides is 1. The van der Waals surface area contributed by atoms with E-state index in [1.54, 1.807) is 0 Å². The molecule has 2 aromatic rings. The highest BCUT2D eigenvalue weighted by molar-refractivity contribution is 7.89. The maximum Gasteiger partial charge on any atom is 0.255 e. The minimum Gasteiger partial charge on any atom is -0.370 e. The summed E-state index contributed by atoms with van der Waals surface area (Å²) >= 11 is 0. The largest absolute Gasteiger partial charge is 0.370 e. The van der Waals surface area contributed by atoms with Crippen LogP contribution in [-0.2, 0) is 10.0 Å². The highest BCUT2D eigenvalue weighted by Crippen LogP contribution is 2.28. The number of nitrogens with one attached hydrogen (secondary N) is 1. The third kappa shape index (κ3) is 4.31. The van der Waals surface area contributed by atoms with Gasteiger partial charge in [-0.15, -0.1) is 0 Å². The average Bonchev–Trinajstić information content (AvgIpc) is 2.69. The summed E-state index contributed by atoms with van der Waals surface area (Å²) in [6.45, 7) is 1.98. The Morgan fingerprint density at radius 1 is 0.963 bits per heavy atom. The van der Waals surface area contributed by atoms with Crippen molar-refractivity contribution in [3.05, 3.63) is 54.1 Å². The van der Waals surface area contributed by atoms with Gasteiger partial charge >= 0.3 is 0 Å². The van der Waals surface area contributed by atoms with E-state index in [9.17, 15) is 13.2 Å². The molecule has 0 saturated carbocycles. The summed E-state index contributed by atoms with van der Waals surface area (Å²) in [7, 11) is -0.545. The van der Waals surface area contributed by atoms with E-state index < -0.39 is 10.0 Å². The summed E-state index contributed by atoms with van der Waals surface area (Å²) in [5.74, 6) is -0.256. The van der Waals surface area contributed by atoms with Crippen LogP contribution >= 0.6 is 0 Å². The Balaban J connectivity index is 1.78. The molecule has 0 atom stereocenters. The molecule has 3 rings (SSSR count). The molecule has 1 aliphatic heterocycles. The van der Waals surface area contributed by atoms with E-state index in [4.69, 9.17) is 0 Å². The molecule has 0 aromatic heterocycles. The highest BCUT2D eigenvalue weighted by Gasteiger charge is 2.19. The first-order valence-electron chi connectivity index (χ1n) is 9.07. The fourth-order valence-electron chi connectivity index (χ4n) is 3.17. The Morgan fingerprint density at radius 2 is 1.59 bits per heavy atom. The monoisotopic (exact) mass is 387 g/mol. The van der Waals surface area contributed by atoms with Gasteiger partial charge in [-0.3, -0.25) is 4.79 Å². The van der Waals surface area contributed by atoms with Gasteiger partial charge in [0.25, 0.3) is 5.91 Å². The number of carbonyl (C=O) groups is 1. The summed E-state index contributed by atoms with van der Waals surface area (Å²) in [5, 5.41) is 2.96. The molecule has 1 aliphatic rings. The molecule has 1 heterocycles. The van der Waals surface area contributed by atoms with Crippen molar-refractivity contribution in [3.8, 4) is 0 Å². The number of piperidine rings is 1. The van der Waals surface area contributed by atoms with Crippen LogP contribution in [0.5, 0.6) is 0 Å². The van der Waals surface area contributed by atoms with E-state index in [0.29, 0.717) is 5.56 Å². The van der Waals surface area contributed by atoms with Crippen LogP contribution in [0.3, 0.4) is 0 Å². The molecular formula is C20H25N3O3S. The zero-order valence-electron chi connectivity index (χ0n) is 15.7. The average molecular weight is 388 g/mol. The zero-order chi connectivity index (χ0) is 19.4. The number of hydrogen-bond donors (Lipinski definition) is 1. The Hall–Kier alpha value is -2.38. The highest BCUT2D eigenvalue weighted by atomic mass is 32.2. The van der Waals surface area contributed by atoms with Crippen molar-refractivity contribution in [2.45, 2.75) is 24.2 Å². The second-order valence-electron chi connectivity index (χ2n) is 6.83. The van der Waals surface area contributed by atoms with Gasteiger partial charge in [0, 0.05) is 32.7 Å². The fourth-order valence-corrected chi connectivity index (χ4v) is 4.08. The van der Waals surface area contributed by atoms with Gasteiger partial charge in [-0.2, -0.15) is 0 Å². The lowest BCUT2D eigenvalue weighted by Gasteiger charge is -2.30. The lowest BCUT2D eigenvalue weighted by atomic mass is 10.1. The van der Waals surface area contributed by atoms with Crippen molar-refractivity contribution in [1.29, 1.82) is 0 Å². The Kier molecular flexibility index (Phi) is 5.82. The molecule has 2 aromatic carbocycles. The zero-order valence-corrected chi connectivity index (χ0v) is 16.5. The first-order valence-corrected chi connectivity index (χ1v) is 10.5. The standard InChI is InChI=1S/C20H25N3O3S/c1-22(2)27(25,26)17-12-10-16(11-13-17)20(24)21-18-8-4-5-9-19(18)23-14-6-3-7-15-23/h4-5,8-13H,3,6-7,14-15H2,1-2H3,(H,21,24). The van der Waals surface area contributed by atoms with Gasteiger partial charge in [0.1, 0.15) is 0 Å². The molecule has 27 heavy (non-hydrogen) atoms. The molecule has 1 fully saturated rings. The van der Waals surface area contributed by atoms with E-state index in [1.807, 2.05) is 24.3 Å². The van der Waals surface area contributed by atoms with Crippen LogP contribution in [0.1, 0.15) is 29.6 Å². The number of benzene rings is 2. The summed E-state index contributed by atoms with van der Waals surface area (Å²) in [6.07, 6.45) is 3.56. The number of anilines is 2. The number of nitrogens with zero attached hydrogens (tertiary/aromatic N) is 2. The minimum absolute atomic E-state index is 0.165. The van der Waals surface area contributed by atoms with Gasteiger partial charge < -0.3 is 10.2 Å². The summed E-state index contributed by atoms with van der Waals surface area (Å²) in [5.41, 5.74) is 2.22. The second-order valence-corrected chi connectivity index (χ2v) is 8.98. The first kappa shape index (κ1) is 19.4. The molecule has 0 spiro atoms. The molecule has 1 N–H and O–H groups in total. The van der Waals surface area contributed by atoms with Gasteiger partial charge in [0.2, 0.25) is 10.0 Å². The quantitative estimate of drug-likeness (QED) is 0.855. The number of para-hydroxylation sites is 2. The van der Waals surface area contributed by atoms with E-state index in [2.05, 4.69) is 10.2 Å². The topological polar surface area (TPSA) is 69.7 Å². The van der Waals surface area contributed by atoms with Crippen molar-refractivity contribution < 1.29 is 13.2 Å². The van der Waals surface area contributed by atoms with Crippen LogP contribution in [-0.4, -0.2) is 45.8 Å². The van der Waals surface area contributed by atoms with Gasteiger partial charge in [-0.05, 0) is 55.7 Å². The number of rotatable bonds is 5. The number of hydrogen-bond acceptors (Lipinski definition) is 4. The SMILES string of the molecule is CN(C)S(=O)(=O)c1ccc(C(=O)Nc2ccccc2N2CCCCC2)cc1. The van der Waals surface area contributed by atoms with Gasteiger partial charge in [0.15, 0.2) is 0 Å². The number of sulfonamides is 1. The molecule has 6 nitrogen and oxygen atoms in total. The lowest BCUT2D eigenvalue weighted by molar-refractivity contribution is 0.102. The lowest BCUT2D eigenvalue weighted by Crippen LogP contribution is -2.30. The van der Waals surface area contributed by atoms with Gasteiger partial charge in [-0.25, -0.2) is 12.7 Å². The molecular weight excluding hydrogens is 362 g/mol. The first-order chi connectivity index (χ1) is 12.9. The third-order valence-corrected chi connectivity index (χ3v) is 6.57. The molecule has 0 radical (unpaired) electrons. The van der Waals surface area contributed by atoms with Crippen LogP contribution in [0.25, 0.3) is 0 Å². The van der Waals surface area contributed by atoms with Crippen LogP contribution in [0.15, 0.2) is 53.4 Å². The van der Waals surface area contributed by atoms with Crippen LogP contribution in [0.4, 0.5) is 11.4 Å². The molecule has 0 aliphatic carbocycles. The van der Waals surface area contributed by atoms with Crippen molar-refractivity contribution in [2.75, 3.05) is 37.4 Å². The molecule has 0 bridgehead atoms. The molecule has 7 heteroatoms. The van der Waals surface area contributed by atoms with Crippen LogP contribution < -0.4 is 10.2 Å². The maximum atomic E-state index is 12.7. The van der Waals surface area contributed by atoms with Crippen LogP contribution in [0.2, 0.25) is 0 Å². The fraction of sp³-hybridized carbons (Fsp3) is 0.350. The predicted molar refractivity (Wildman–Crippen MR) is 108 cm³/mol. The molecule has 1 amide bonds. The maximum absolute atomic E-state index is 12.7. The smallest absolute Gasteiger partial charge is 0.255 e. The Morgan fingerprint density at radius 3 is 2.22 bits per heavy atom. The van der Waals surface area contributed by atoms with Gasteiger partial charge in [-0.1, -0.05) is 12.1 Å². The summed E-state index contributed by atoms with van der Waals surface area (Å²) in [4.78, 5) is 15.1. The van der Waals surface area contributed by atoms with Crippen molar-refractivity contribution in [2.24, 2.45) is 0 Å². The van der Waals surface area contributed by atoms with E-state index in [-0.39, 0.29) is 10.8 Å². The third-order valence-electron chi connectivity index (χ3n) is 4.74. The normalized spacial score (nSPS) is 15.0. The Bertz CT molecular complexity index is 902. The van der Waals surface area contributed by atoms with E-state index in [1.165, 1.54) is 44.8 Å². The molecule has 1 saturated heterocycles. The van der Waals surface area contributed by atoms with Crippen molar-refractivity contribution in [1.82, 2.24) is 4.31 Å². The summed E-state index contributed by atoms with van der Waals surface area (Å²) in [6, 6.07) is 13.8.